The molecule has 0 heterocycles. The summed E-state index contributed by atoms with van der Waals surface area (Å²) >= 11 is 0. The van der Waals surface area contributed by atoms with Crippen LogP contribution in [0.1, 0.15) is 102 Å². The van der Waals surface area contributed by atoms with Crippen LogP contribution in [0.2, 0.25) is 0 Å². The van der Waals surface area contributed by atoms with Gasteiger partial charge in [-0.25, -0.2) is 0 Å². The van der Waals surface area contributed by atoms with Gasteiger partial charge in [0, 0.05) is 5.56 Å². The quantitative estimate of drug-likeness (QED) is 0.126. The van der Waals surface area contributed by atoms with E-state index in [0.29, 0.717) is 0 Å². The van der Waals surface area contributed by atoms with Gasteiger partial charge in [0.2, 0.25) is 0 Å². The van der Waals surface area contributed by atoms with Gasteiger partial charge in [-0.3, -0.25) is 0 Å². The Morgan fingerprint density at radius 2 is 1.00 bits per heavy atom. The number of benzene rings is 1. The van der Waals surface area contributed by atoms with Gasteiger partial charge in [0.15, 0.2) is 0 Å². The fourth-order valence-corrected chi connectivity index (χ4v) is 3.89. The van der Waals surface area contributed by atoms with Gasteiger partial charge in [-0.2, -0.15) is 0 Å². The first-order chi connectivity index (χ1) is 12.6. The molecule has 0 amide bonds. The predicted octanol–water partition coefficient (Wildman–Crippen LogP) is 7.67. The van der Waals surface area contributed by atoms with Crippen LogP contribution < -0.4 is 0 Å². The predicted molar refractivity (Wildman–Crippen MR) is 135 cm³/mol. The summed E-state index contributed by atoms with van der Waals surface area (Å²) in [4.78, 5) is 0. The first-order valence-corrected chi connectivity index (χ1v) is 11.5. The number of hydrogen-bond donors (Lipinski definition) is 0. The molecule has 0 fully saturated rings. The topological polar surface area (TPSA) is 0 Å². The normalized spacial score (nSPS) is 11.0. The van der Waals surface area contributed by atoms with E-state index in [1.807, 2.05) is 0 Å². The summed E-state index contributed by atoms with van der Waals surface area (Å²) in [5.41, 5.74) is 1.46. The Morgan fingerprint density at radius 3 is 1.43 bits per heavy atom. The number of unbranched alkanes of at least 4 members (excludes halogenated alkanes) is 13. The molecule has 0 aliphatic carbocycles. The van der Waals surface area contributed by atoms with Gasteiger partial charge >= 0.3 is 29.6 Å². The van der Waals surface area contributed by atoms with Gasteiger partial charge in [-0.1, -0.05) is 114 Å². The van der Waals surface area contributed by atoms with Crippen molar-refractivity contribution >= 4 is 46.5 Å². The summed E-state index contributed by atoms with van der Waals surface area (Å²) in [7, 11) is 4.74. The van der Waals surface area contributed by atoms with Crippen LogP contribution in [0.15, 0.2) is 30.3 Å². The second kappa shape index (κ2) is 20.9. The Hall–Kier alpha value is 0.660. The molecule has 0 saturated heterocycles. The first kappa shape index (κ1) is 30.9. The maximum absolute atomic E-state index is 2.37. The molecule has 160 valence electrons. The average Bonchev–Trinajstić information content (AvgIpc) is 2.62. The minimum absolute atomic E-state index is 0. The third-order valence-corrected chi connectivity index (χ3v) is 5.57. The third kappa shape index (κ3) is 18.7. The second-order valence-electron chi connectivity index (χ2n) is 8.90. The molecule has 0 aliphatic rings. The van der Waals surface area contributed by atoms with Crippen molar-refractivity contribution in [2.45, 2.75) is 103 Å². The summed E-state index contributed by atoms with van der Waals surface area (Å²) in [6, 6.07) is 10.9. The van der Waals surface area contributed by atoms with E-state index in [9.17, 15) is 0 Å². The fraction of sp³-hybridized carbons (Fsp3) is 0.760. The molecular formula is C25H48BrNNa+. The van der Waals surface area contributed by atoms with E-state index in [-0.39, 0.29) is 46.5 Å². The van der Waals surface area contributed by atoms with Gasteiger partial charge < -0.3 is 4.48 Å². The van der Waals surface area contributed by atoms with Crippen molar-refractivity contribution in [3.63, 3.8) is 0 Å². The van der Waals surface area contributed by atoms with Crippen LogP contribution in [0, 0.1) is 0 Å². The zero-order chi connectivity index (χ0) is 18.9. The Labute approximate surface area is 209 Å². The van der Waals surface area contributed by atoms with E-state index in [1.165, 1.54) is 102 Å². The van der Waals surface area contributed by atoms with E-state index in [1.54, 1.807) is 0 Å². The van der Waals surface area contributed by atoms with Crippen molar-refractivity contribution in [1.29, 1.82) is 0 Å². The van der Waals surface area contributed by atoms with Crippen molar-refractivity contribution in [2.75, 3.05) is 20.6 Å². The minimum atomic E-state index is 0. The first-order valence-electron chi connectivity index (χ1n) is 11.5. The summed E-state index contributed by atoms with van der Waals surface area (Å²) in [6.45, 7) is 4.75. The van der Waals surface area contributed by atoms with Gasteiger partial charge in [0.05, 0.1) is 20.6 Å². The second-order valence-corrected chi connectivity index (χ2v) is 8.90. The monoisotopic (exact) mass is 464 g/mol. The van der Waals surface area contributed by atoms with Crippen molar-refractivity contribution in [3.05, 3.63) is 35.9 Å². The number of halogens is 1. The van der Waals surface area contributed by atoms with E-state index >= 15 is 0 Å². The van der Waals surface area contributed by atoms with Gasteiger partial charge in [0.25, 0.3) is 0 Å². The Morgan fingerprint density at radius 1 is 0.607 bits per heavy atom. The Kier molecular flexibility index (Phi) is 23.0. The molecule has 0 spiro atoms. The van der Waals surface area contributed by atoms with E-state index in [0.717, 1.165) is 11.0 Å². The molecule has 0 N–H and O–H groups in total. The zero-order valence-corrected chi connectivity index (χ0v) is 20.3. The summed E-state index contributed by atoms with van der Waals surface area (Å²) in [5, 5.41) is 0. The van der Waals surface area contributed by atoms with Crippen molar-refractivity contribution in [3.8, 4) is 0 Å². The number of quaternary nitrogens is 1. The number of nitrogens with zero attached hydrogens (tertiary/aromatic N) is 1. The Balaban J connectivity index is 0. The molecule has 0 unspecified atom stereocenters. The molecule has 0 radical (unpaired) electrons. The molecule has 3 heteroatoms. The average molecular weight is 466 g/mol. The molecule has 0 aliphatic heterocycles. The molecule has 0 atom stereocenters. The van der Waals surface area contributed by atoms with Crippen molar-refractivity contribution in [2.24, 2.45) is 0 Å². The SMILES string of the molecule is Br.CCCCCCCCCCCCCCCC[N+](C)(C)Cc1ccccc1.[NaH]. The van der Waals surface area contributed by atoms with Crippen LogP contribution >= 0.6 is 17.0 Å². The van der Waals surface area contributed by atoms with Crippen LogP contribution in [0.5, 0.6) is 0 Å². The summed E-state index contributed by atoms with van der Waals surface area (Å²) in [5.74, 6) is 0. The summed E-state index contributed by atoms with van der Waals surface area (Å²) < 4.78 is 1.11. The molecule has 28 heavy (non-hydrogen) atoms. The van der Waals surface area contributed by atoms with E-state index in [4.69, 9.17) is 0 Å². The molecule has 0 bridgehead atoms. The molecular weight excluding hydrogens is 417 g/mol. The fourth-order valence-electron chi connectivity index (χ4n) is 3.89. The standard InChI is InChI=1S/C25H46N.BrH.Na.H/c1-4-5-6-7-8-9-10-11-12-13-14-15-16-20-23-26(2,3)24-25-21-18-17-19-22-25;;;/h17-19,21-22H,4-16,20,23-24H2,1-3H3;1H;;/q+1;;;. The molecule has 0 aromatic heterocycles. The number of rotatable bonds is 17. The van der Waals surface area contributed by atoms with Crippen molar-refractivity contribution < 1.29 is 4.48 Å². The zero-order valence-electron chi connectivity index (χ0n) is 18.6. The third-order valence-electron chi connectivity index (χ3n) is 5.57. The van der Waals surface area contributed by atoms with Crippen LogP contribution in [-0.4, -0.2) is 54.7 Å². The van der Waals surface area contributed by atoms with E-state index in [2.05, 4.69) is 51.4 Å². The number of hydrogen-bond acceptors (Lipinski definition) is 0. The summed E-state index contributed by atoms with van der Waals surface area (Å²) in [6.07, 6.45) is 20.2. The van der Waals surface area contributed by atoms with Crippen LogP contribution in [-0.2, 0) is 6.54 Å². The molecule has 1 aromatic rings. The van der Waals surface area contributed by atoms with Crippen molar-refractivity contribution in [1.82, 2.24) is 0 Å². The molecule has 1 rings (SSSR count). The van der Waals surface area contributed by atoms with E-state index < -0.39 is 0 Å². The molecule has 0 saturated carbocycles. The van der Waals surface area contributed by atoms with Gasteiger partial charge in [-0.15, -0.1) is 17.0 Å². The molecule has 1 aromatic carbocycles. The van der Waals surface area contributed by atoms with Crippen LogP contribution in [0.4, 0.5) is 0 Å². The maximum atomic E-state index is 2.37. The van der Waals surface area contributed by atoms with Crippen LogP contribution in [0.3, 0.4) is 0 Å². The van der Waals surface area contributed by atoms with Crippen LogP contribution in [0.25, 0.3) is 0 Å². The van der Waals surface area contributed by atoms with Gasteiger partial charge in [0.1, 0.15) is 6.54 Å². The van der Waals surface area contributed by atoms with Gasteiger partial charge in [-0.05, 0) is 12.8 Å². The molecule has 1 nitrogen and oxygen atoms in total. The Bertz CT molecular complexity index is 422.